The van der Waals surface area contributed by atoms with Crippen molar-refractivity contribution in [2.24, 2.45) is 5.92 Å². The fourth-order valence-corrected chi connectivity index (χ4v) is 3.98. The van der Waals surface area contributed by atoms with E-state index < -0.39 is 0 Å². The van der Waals surface area contributed by atoms with Gasteiger partial charge in [0.1, 0.15) is 0 Å². The van der Waals surface area contributed by atoms with Gasteiger partial charge in [-0.15, -0.1) is 3.70 Å². The molecular weight excluding hydrogens is 220 g/mol. The van der Waals surface area contributed by atoms with Crippen molar-refractivity contribution in [2.45, 2.75) is 6.92 Å². The van der Waals surface area contributed by atoms with E-state index in [2.05, 4.69) is 38.0 Å². The summed E-state index contributed by atoms with van der Waals surface area (Å²) < 4.78 is 1.38. The largest absolute Gasteiger partial charge is 0.508 e. The molecule has 0 fully saturated rings. The van der Waals surface area contributed by atoms with Gasteiger partial charge in [-0.05, 0) is 4.86 Å². The van der Waals surface area contributed by atoms with Gasteiger partial charge < -0.3 is 0 Å². The third kappa shape index (κ3) is 1.90. The second-order valence-corrected chi connectivity index (χ2v) is 5.51. The molecule has 0 N–H and O–H groups in total. The van der Waals surface area contributed by atoms with Crippen molar-refractivity contribution in [1.82, 2.24) is 0 Å². The maximum Gasteiger partial charge on any atom is 0.508 e. The minimum Gasteiger partial charge on any atom is -0.296 e. The minimum absolute atomic E-state index is 0.230. The van der Waals surface area contributed by atoms with Crippen LogP contribution in [-0.4, -0.2) is 23.1 Å². The first-order valence-electron chi connectivity index (χ1n) is 3.23. The fourth-order valence-electron chi connectivity index (χ4n) is 0.911. The minimum atomic E-state index is -0.230. The van der Waals surface area contributed by atoms with Crippen molar-refractivity contribution in [2.75, 3.05) is 0 Å². The second-order valence-electron chi connectivity index (χ2n) is 2.36. The van der Waals surface area contributed by atoms with E-state index in [1.165, 1.54) is 3.70 Å². The van der Waals surface area contributed by atoms with E-state index in [0.29, 0.717) is 5.92 Å². The summed E-state index contributed by atoms with van der Waals surface area (Å²) in [4.78, 5) is 1.13. The molecule has 0 heterocycles. The average molecular weight is 227 g/mol. The SMILES string of the molecule is CC1C=CC=[C]([Mg][Br])C1=S. The first-order chi connectivity index (χ1) is 4.75. The summed E-state index contributed by atoms with van der Waals surface area (Å²) in [7, 11) is 0. The predicted octanol–water partition coefficient (Wildman–Crippen LogP) is 2.46. The molecule has 1 aliphatic rings. The number of allylic oxidation sites excluding steroid dienone is 4. The zero-order chi connectivity index (χ0) is 7.56. The van der Waals surface area contributed by atoms with Gasteiger partial charge in [0.25, 0.3) is 0 Å². The summed E-state index contributed by atoms with van der Waals surface area (Å²) in [6.07, 6.45) is 6.37. The Hall–Kier alpha value is 0.816. The summed E-state index contributed by atoms with van der Waals surface area (Å²) in [5.41, 5.74) is 0. The molecule has 0 saturated heterocycles. The van der Waals surface area contributed by atoms with Crippen LogP contribution in [0.3, 0.4) is 0 Å². The molecule has 0 aliphatic heterocycles. The fraction of sp³-hybridized carbons (Fsp3) is 0.286. The molecule has 1 aliphatic carbocycles. The van der Waals surface area contributed by atoms with Crippen LogP contribution in [0.25, 0.3) is 0 Å². The highest BCUT2D eigenvalue weighted by atomic mass is 79.9. The van der Waals surface area contributed by atoms with Crippen molar-refractivity contribution in [1.29, 1.82) is 0 Å². The molecule has 0 saturated carbocycles. The van der Waals surface area contributed by atoms with Gasteiger partial charge in [-0.3, -0.25) is 12.9 Å². The second kappa shape index (κ2) is 4.00. The summed E-state index contributed by atoms with van der Waals surface area (Å²) in [6, 6.07) is 0. The van der Waals surface area contributed by atoms with Crippen LogP contribution >= 0.6 is 25.1 Å². The predicted molar refractivity (Wildman–Crippen MR) is 53.7 cm³/mol. The van der Waals surface area contributed by atoms with Gasteiger partial charge in [0.15, 0.2) is 0 Å². The van der Waals surface area contributed by atoms with Crippen LogP contribution in [-0.2, 0) is 0 Å². The van der Waals surface area contributed by atoms with Gasteiger partial charge in [-0.1, -0.05) is 37.4 Å². The molecule has 0 aromatic heterocycles. The Bertz CT molecular complexity index is 208. The molecule has 10 heavy (non-hydrogen) atoms. The lowest BCUT2D eigenvalue weighted by molar-refractivity contribution is 1.01. The van der Waals surface area contributed by atoms with E-state index >= 15 is 0 Å². The van der Waals surface area contributed by atoms with Crippen LogP contribution in [0.1, 0.15) is 6.92 Å². The van der Waals surface area contributed by atoms with Crippen LogP contribution < -0.4 is 0 Å². The third-order valence-corrected chi connectivity index (χ3v) is 5.18. The molecule has 3 heteroatoms. The third-order valence-electron chi connectivity index (χ3n) is 1.57. The van der Waals surface area contributed by atoms with Crippen molar-refractivity contribution in [3.05, 3.63) is 21.9 Å². The highest BCUT2D eigenvalue weighted by molar-refractivity contribution is 9.23. The summed E-state index contributed by atoms with van der Waals surface area (Å²) in [5, 5.41) is 0. The lowest BCUT2D eigenvalue weighted by atomic mass is 10.0. The smallest absolute Gasteiger partial charge is 0.296 e. The molecule has 0 spiro atoms. The zero-order valence-electron chi connectivity index (χ0n) is 5.80. The number of rotatable bonds is 1. The Morgan fingerprint density at radius 2 is 2.40 bits per heavy atom. The number of hydrogen-bond donors (Lipinski definition) is 0. The van der Waals surface area contributed by atoms with Gasteiger partial charge in [-0.25, -0.2) is 0 Å². The van der Waals surface area contributed by atoms with E-state index in [1.54, 1.807) is 0 Å². The van der Waals surface area contributed by atoms with Crippen LogP contribution in [0.2, 0.25) is 0 Å². The van der Waals surface area contributed by atoms with Gasteiger partial charge in [0, 0.05) is 5.92 Å². The molecule has 0 bridgehead atoms. The van der Waals surface area contributed by atoms with Crippen molar-refractivity contribution >= 4 is 48.2 Å². The summed E-state index contributed by atoms with van der Waals surface area (Å²) in [6.45, 7) is 2.14. The zero-order valence-corrected chi connectivity index (χ0v) is 9.62. The first-order valence-corrected chi connectivity index (χ1v) is 8.24. The Morgan fingerprint density at radius 3 is 2.90 bits per heavy atom. The van der Waals surface area contributed by atoms with Gasteiger partial charge in [0.05, 0.1) is 0 Å². The highest BCUT2D eigenvalue weighted by Gasteiger charge is 2.12. The topological polar surface area (TPSA) is 0 Å². The number of thiocarbonyl (C=S) groups is 1. The Morgan fingerprint density at radius 1 is 1.70 bits per heavy atom. The quantitative estimate of drug-likeness (QED) is 0.490. The lowest BCUT2D eigenvalue weighted by Gasteiger charge is -2.14. The Labute approximate surface area is 82.4 Å². The van der Waals surface area contributed by atoms with E-state index in [-0.39, 0.29) is 18.2 Å². The Balaban J connectivity index is 2.82. The van der Waals surface area contributed by atoms with Crippen LogP contribution in [0.4, 0.5) is 0 Å². The first kappa shape index (κ1) is 8.91. The monoisotopic (exact) mass is 226 g/mol. The van der Waals surface area contributed by atoms with Gasteiger partial charge in [0.2, 0.25) is 0 Å². The molecule has 0 amide bonds. The maximum absolute atomic E-state index is 5.23. The molecule has 0 nitrogen and oxygen atoms in total. The lowest BCUT2D eigenvalue weighted by Crippen LogP contribution is -2.13. The molecule has 1 unspecified atom stereocenters. The summed E-state index contributed by atoms with van der Waals surface area (Å²) in [5.74, 6) is 0.472. The van der Waals surface area contributed by atoms with E-state index in [0.717, 1.165) is 4.86 Å². The Kier molecular flexibility index (Phi) is 3.56. The standard InChI is InChI=1S/C7H7S.BrH.Mg/c1-6-4-2-3-5-7(6)8;;/h2-4,6H,1H3;1H;/q;;+1/p-1. The van der Waals surface area contributed by atoms with E-state index in [1.807, 2.05) is 0 Å². The molecule has 0 aromatic carbocycles. The van der Waals surface area contributed by atoms with Gasteiger partial charge in [-0.2, -0.15) is 0 Å². The number of halogens is 1. The van der Waals surface area contributed by atoms with E-state index in [4.69, 9.17) is 12.2 Å². The average Bonchev–Trinajstić information content (AvgIpc) is 1.95. The van der Waals surface area contributed by atoms with Crippen molar-refractivity contribution in [3.63, 3.8) is 0 Å². The molecule has 1 atom stereocenters. The van der Waals surface area contributed by atoms with Crippen LogP contribution in [0.5, 0.6) is 0 Å². The molecule has 0 radical (unpaired) electrons. The van der Waals surface area contributed by atoms with Gasteiger partial charge >= 0.3 is 18.2 Å². The summed E-state index contributed by atoms with van der Waals surface area (Å²) >= 11 is 8.53. The maximum atomic E-state index is 5.23. The molecule has 1 rings (SSSR count). The normalized spacial score (nSPS) is 24.0. The van der Waals surface area contributed by atoms with E-state index in [9.17, 15) is 0 Å². The number of hydrogen-bond acceptors (Lipinski definition) is 1. The van der Waals surface area contributed by atoms with Crippen molar-refractivity contribution < 1.29 is 0 Å². The molecule has 50 valence electrons. The van der Waals surface area contributed by atoms with Crippen LogP contribution in [0, 0.1) is 5.92 Å². The van der Waals surface area contributed by atoms with Crippen molar-refractivity contribution in [3.8, 4) is 0 Å². The highest BCUT2D eigenvalue weighted by Crippen LogP contribution is 2.15. The molecule has 0 aromatic rings. The molecular formula is C7H7BrMgS. The van der Waals surface area contributed by atoms with Crippen LogP contribution in [0.15, 0.2) is 21.9 Å².